The van der Waals surface area contributed by atoms with Crippen LogP contribution in [0.4, 0.5) is 0 Å². The van der Waals surface area contributed by atoms with Crippen molar-refractivity contribution in [2.45, 2.75) is 59.5 Å². The van der Waals surface area contributed by atoms with Crippen LogP contribution in [-0.4, -0.2) is 24.5 Å². The highest BCUT2D eigenvalue weighted by Gasteiger charge is 2.33. The van der Waals surface area contributed by atoms with Crippen molar-refractivity contribution in [1.82, 2.24) is 4.90 Å². The third kappa shape index (κ3) is 4.33. The van der Waals surface area contributed by atoms with Crippen LogP contribution in [0.5, 0.6) is 5.75 Å². The summed E-state index contributed by atoms with van der Waals surface area (Å²) in [7, 11) is 0. The van der Waals surface area contributed by atoms with Crippen molar-refractivity contribution in [3.63, 3.8) is 0 Å². The molecular formula is C27H35NO. The lowest BCUT2D eigenvalue weighted by Crippen LogP contribution is -2.46. The van der Waals surface area contributed by atoms with Gasteiger partial charge >= 0.3 is 0 Å². The van der Waals surface area contributed by atoms with Gasteiger partial charge in [0.2, 0.25) is 0 Å². The van der Waals surface area contributed by atoms with Crippen molar-refractivity contribution in [2.24, 2.45) is 0 Å². The van der Waals surface area contributed by atoms with Crippen molar-refractivity contribution >= 4 is 10.8 Å². The van der Waals surface area contributed by atoms with Crippen LogP contribution in [-0.2, 0) is 5.54 Å². The van der Waals surface area contributed by atoms with E-state index in [0.29, 0.717) is 13.0 Å². The number of aryl methyl sites for hydroxylation is 3. The van der Waals surface area contributed by atoms with E-state index in [-0.39, 0.29) is 0 Å². The Balaban J connectivity index is 2.00. The molecule has 0 bridgehead atoms. The SMILES string of the molecule is [2H]C([2H])([2H])N(C([2H])(C)C)[C@@](C)(CCOc1cccc2cc(C)c(C)cc12)c1ccccc1C. The second kappa shape index (κ2) is 8.59. The van der Waals surface area contributed by atoms with Crippen LogP contribution in [0.25, 0.3) is 10.8 Å². The Morgan fingerprint density at radius 1 is 1.00 bits per heavy atom. The van der Waals surface area contributed by atoms with E-state index in [0.717, 1.165) is 27.6 Å². The quantitative estimate of drug-likeness (QED) is 0.438. The normalized spacial score (nSPS) is 16.7. The molecule has 0 aliphatic heterocycles. The minimum atomic E-state index is -2.45. The van der Waals surface area contributed by atoms with Gasteiger partial charge in [-0.2, -0.15) is 0 Å². The highest BCUT2D eigenvalue weighted by Crippen LogP contribution is 2.35. The molecule has 0 spiro atoms. The maximum atomic E-state index is 8.70. The molecule has 3 aromatic rings. The molecule has 2 nitrogen and oxygen atoms in total. The fourth-order valence-electron chi connectivity index (χ4n) is 4.04. The van der Waals surface area contributed by atoms with Gasteiger partial charge in [0.15, 0.2) is 0 Å². The Morgan fingerprint density at radius 3 is 2.41 bits per heavy atom. The Morgan fingerprint density at radius 2 is 1.72 bits per heavy atom. The molecule has 0 aliphatic carbocycles. The van der Waals surface area contributed by atoms with Crippen molar-refractivity contribution in [2.75, 3.05) is 13.6 Å². The average molecular weight is 394 g/mol. The highest BCUT2D eigenvalue weighted by molar-refractivity contribution is 5.89. The van der Waals surface area contributed by atoms with Gasteiger partial charge in [-0.25, -0.2) is 0 Å². The first-order valence-corrected chi connectivity index (χ1v) is 10.2. The summed E-state index contributed by atoms with van der Waals surface area (Å²) in [5, 5.41) is 2.17. The minimum absolute atomic E-state index is 0.319. The molecule has 0 amide bonds. The molecule has 1 atom stereocenters. The van der Waals surface area contributed by atoms with Crippen LogP contribution in [0.3, 0.4) is 0 Å². The van der Waals surface area contributed by atoms with Gasteiger partial charge < -0.3 is 4.74 Å². The number of hydrogen-bond acceptors (Lipinski definition) is 2. The Kier molecular flexibility index (Phi) is 4.88. The van der Waals surface area contributed by atoms with Gasteiger partial charge in [-0.1, -0.05) is 42.5 Å². The van der Waals surface area contributed by atoms with Crippen molar-refractivity contribution in [3.8, 4) is 5.75 Å². The van der Waals surface area contributed by atoms with E-state index in [9.17, 15) is 0 Å². The second-order valence-corrected chi connectivity index (χ2v) is 8.38. The summed E-state index contributed by atoms with van der Waals surface area (Å²) in [6.45, 7) is 9.22. The summed E-state index contributed by atoms with van der Waals surface area (Å²) in [5.41, 5.74) is 3.40. The van der Waals surface area contributed by atoms with Gasteiger partial charge in [0, 0.05) is 28.8 Å². The summed E-state index contributed by atoms with van der Waals surface area (Å²) in [6.07, 6.45) is 0.416. The van der Waals surface area contributed by atoms with Gasteiger partial charge in [0.1, 0.15) is 5.75 Å². The highest BCUT2D eigenvalue weighted by atomic mass is 16.5. The summed E-state index contributed by atoms with van der Waals surface area (Å²) in [5.74, 6) is 0.785. The van der Waals surface area contributed by atoms with Gasteiger partial charge in [-0.3, -0.25) is 4.90 Å². The maximum absolute atomic E-state index is 8.70. The van der Waals surface area contributed by atoms with Gasteiger partial charge in [0.25, 0.3) is 0 Å². The predicted molar refractivity (Wildman–Crippen MR) is 125 cm³/mol. The van der Waals surface area contributed by atoms with E-state index in [1.165, 1.54) is 16.0 Å². The molecule has 0 aliphatic rings. The Hall–Kier alpha value is -2.32. The van der Waals surface area contributed by atoms with Crippen molar-refractivity contribution in [1.29, 1.82) is 0 Å². The van der Waals surface area contributed by atoms with E-state index in [1.54, 1.807) is 13.8 Å². The zero-order valence-corrected chi connectivity index (χ0v) is 18.5. The second-order valence-electron chi connectivity index (χ2n) is 8.38. The zero-order chi connectivity index (χ0) is 24.6. The van der Waals surface area contributed by atoms with Crippen LogP contribution in [0.15, 0.2) is 54.6 Å². The molecule has 0 radical (unpaired) electrons. The van der Waals surface area contributed by atoms with Crippen LogP contribution < -0.4 is 4.74 Å². The lowest BCUT2D eigenvalue weighted by molar-refractivity contribution is 0.0749. The molecular weight excluding hydrogens is 354 g/mol. The Bertz CT molecular complexity index is 1120. The molecule has 3 rings (SSSR count). The zero-order valence-electron chi connectivity index (χ0n) is 22.5. The third-order valence-electron chi connectivity index (χ3n) is 5.97. The van der Waals surface area contributed by atoms with Crippen LogP contribution in [0.1, 0.15) is 54.9 Å². The first-order chi connectivity index (χ1) is 15.2. The smallest absolute Gasteiger partial charge is 0.127 e. The van der Waals surface area contributed by atoms with Crippen LogP contribution >= 0.6 is 0 Å². The first-order valence-electron chi connectivity index (χ1n) is 12.2. The third-order valence-corrected chi connectivity index (χ3v) is 5.97. The number of hydrogen-bond donors (Lipinski definition) is 0. The number of fused-ring (bicyclic) bond motifs is 1. The molecule has 0 fully saturated rings. The molecule has 0 unspecified atom stereocenters. The number of rotatable bonds is 7. The van der Waals surface area contributed by atoms with Crippen LogP contribution in [0.2, 0.25) is 0 Å². The summed E-state index contributed by atoms with van der Waals surface area (Å²) in [4.78, 5) is 1.34. The summed E-state index contributed by atoms with van der Waals surface area (Å²) < 4.78 is 39.8. The summed E-state index contributed by atoms with van der Waals surface area (Å²) >= 11 is 0. The molecule has 0 saturated heterocycles. The lowest BCUT2D eigenvalue weighted by Gasteiger charge is -2.43. The van der Waals surface area contributed by atoms with Gasteiger partial charge in [-0.15, -0.1) is 0 Å². The standard InChI is InChI=1S/C27H35NO/c1-19(2)28(7)27(6,25-13-9-8-11-20(25)3)15-16-29-26-14-10-12-23-17-21(4)22(5)18-24(23)26/h8-14,17-19H,15-16H2,1-7H3/t27-/m0/s1/i7D3,19D. The minimum Gasteiger partial charge on any atom is -0.493 e. The molecule has 0 saturated carbocycles. The molecule has 154 valence electrons. The number of benzene rings is 3. The first kappa shape index (κ1) is 16.5. The predicted octanol–water partition coefficient (Wildman–Crippen LogP) is 6.79. The van der Waals surface area contributed by atoms with E-state index in [1.807, 2.05) is 50.2 Å². The molecule has 0 heterocycles. The Labute approximate surface area is 182 Å². The van der Waals surface area contributed by atoms with Crippen molar-refractivity contribution < 1.29 is 10.2 Å². The van der Waals surface area contributed by atoms with Crippen molar-refractivity contribution in [3.05, 3.63) is 76.9 Å². The fourth-order valence-corrected chi connectivity index (χ4v) is 4.04. The number of ether oxygens (including phenoxy) is 1. The van der Waals surface area contributed by atoms with E-state index in [4.69, 9.17) is 10.2 Å². The lowest BCUT2D eigenvalue weighted by atomic mass is 9.83. The van der Waals surface area contributed by atoms with E-state index >= 15 is 0 Å². The average Bonchev–Trinajstić information content (AvgIpc) is 2.67. The number of nitrogens with zero attached hydrogens (tertiary/aromatic N) is 1. The topological polar surface area (TPSA) is 12.5 Å². The molecule has 0 aromatic heterocycles. The van der Waals surface area contributed by atoms with Crippen LogP contribution in [0, 0.1) is 20.8 Å². The summed E-state index contributed by atoms with van der Waals surface area (Å²) in [6, 6.07) is 16.8. The van der Waals surface area contributed by atoms with Gasteiger partial charge in [0.05, 0.1) is 6.61 Å². The molecule has 3 aromatic carbocycles. The molecule has 29 heavy (non-hydrogen) atoms. The van der Waals surface area contributed by atoms with E-state index < -0.39 is 18.5 Å². The maximum Gasteiger partial charge on any atom is 0.127 e. The molecule has 0 N–H and O–H groups in total. The monoisotopic (exact) mass is 393 g/mol. The van der Waals surface area contributed by atoms with Gasteiger partial charge in [-0.05, 0) is 88.3 Å². The molecule has 2 heteroatoms. The fraction of sp³-hybridized carbons (Fsp3) is 0.407. The largest absolute Gasteiger partial charge is 0.493 e. The van der Waals surface area contributed by atoms with E-state index in [2.05, 4.69) is 32.0 Å².